The number of nitrogens with zero attached hydrogens (tertiary/aromatic N) is 3. The Morgan fingerprint density at radius 2 is 2.13 bits per heavy atom. The normalized spacial score (nSPS) is 24.6. The van der Waals surface area contributed by atoms with Gasteiger partial charge in [-0.1, -0.05) is 11.6 Å². The Bertz CT molecular complexity index is 1480. The molecule has 204 valence electrons. The van der Waals surface area contributed by atoms with E-state index in [4.69, 9.17) is 16.3 Å². The lowest BCUT2D eigenvalue weighted by molar-refractivity contribution is -0.133. The van der Waals surface area contributed by atoms with E-state index in [0.29, 0.717) is 42.9 Å². The Labute approximate surface area is 229 Å². The van der Waals surface area contributed by atoms with Crippen LogP contribution in [0.3, 0.4) is 0 Å². The van der Waals surface area contributed by atoms with Crippen molar-refractivity contribution in [3.8, 4) is 0 Å². The van der Waals surface area contributed by atoms with Gasteiger partial charge in [-0.3, -0.25) is 19.5 Å². The van der Waals surface area contributed by atoms with Gasteiger partial charge in [-0.25, -0.2) is 4.39 Å². The molecule has 2 saturated heterocycles. The number of nitrogens with one attached hydrogen (secondary N) is 2. The molecule has 0 bridgehead atoms. The molecule has 2 aromatic carbocycles. The summed E-state index contributed by atoms with van der Waals surface area (Å²) >= 11 is 6.54. The van der Waals surface area contributed by atoms with Crippen LogP contribution in [-0.2, 0) is 19.7 Å². The molecule has 39 heavy (non-hydrogen) atoms. The molecule has 3 aliphatic rings. The zero-order chi connectivity index (χ0) is 27.3. The average molecular weight is 554 g/mol. The molecule has 4 heterocycles. The lowest BCUT2D eigenvalue weighted by Gasteiger charge is -2.37. The van der Waals surface area contributed by atoms with Crippen molar-refractivity contribution in [3.63, 3.8) is 0 Å². The molecule has 11 heteroatoms. The number of aromatic nitrogens is 2. The van der Waals surface area contributed by atoms with Gasteiger partial charge < -0.3 is 19.9 Å². The van der Waals surface area contributed by atoms with E-state index in [0.717, 1.165) is 23.7 Å². The Balaban J connectivity index is 1.33. The lowest BCUT2D eigenvalue weighted by atomic mass is 9.70. The van der Waals surface area contributed by atoms with Crippen LogP contribution in [0.5, 0.6) is 0 Å². The van der Waals surface area contributed by atoms with Crippen LogP contribution in [0.15, 0.2) is 36.5 Å². The number of hydrogen-bond acceptors (Lipinski definition) is 6. The van der Waals surface area contributed by atoms with Gasteiger partial charge >= 0.3 is 0 Å². The number of fused-ring (bicyclic) bond motifs is 3. The number of benzene rings is 2. The summed E-state index contributed by atoms with van der Waals surface area (Å²) in [6.07, 6.45) is 3.78. The third-order valence-corrected chi connectivity index (χ3v) is 8.75. The number of ether oxygens (including phenoxy) is 1. The van der Waals surface area contributed by atoms with Crippen molar-refractivity contribution >= 4 is 45.8 Å². The molecule has 2 amide bonds. The van der Waals surface area contributed by atoms with Crippen LogP contribution in [0.4, 0.5) is 10.1 Å². The fourth-order valence-electron chi connectivity index (χ4n) is 6.49. The van der Waals surface area contributed by atoms with Crippen molar-refractivity contribution in [1.82, 2.24) is 20.4 Å². The van der Waals surface area contributed by atoms with Crippen LogP contribution >= 0.6 is 11.6 Å². The number of halogens is 2. The molecular formula is C28H29ClFN5O4. The van der Waals surface area contributed by atoms with Crippen molar-refractivity contribution < 1.29 is 23.5 Å². The number of amides is 2. The van der Waals surface area contributed by atoms with E-state index in [1.807, 2.05) is 0 Å². The molecule has 1 aromatic heterocycles. The number of ketones is 1. The monoisotopic (exact) mass is 553 g/mol. The first kappa shape index (κ1) is 25.9. The maximum absolute atomic E-state index is 14.8. The van der Waals surface area contributed by atoms with Crippen LogP contribution in [0, 0.1) is 5.82 Å². The number of piperidine rings is 1. The van der Waals surface area contributed by atoms with Gasteiger partial charge in [0.15, 0.2) is 5.78 Å². The Kier molecular flexibility index (Phi) is 6.65. The molecule has 3 aliphatic heterocycles. The van der Waals surface area contributed by atoms with Gasteiger partial charge in [0.05, 0.1) is 46.5 Å². The Morgan fingerprint density at radius 3 is 2.95 bits per heavy atom. The fourth-order valence-corrected chi connectivity index (χ4v) is 6.84. The summed E-state index contributed by atoms with van der Waals surface area (Å²) in [5.41, 5.74) is 0.862. The summed E-state index contributed by atoms with van der Waals surface area (Å²) in [7, 11) is 1.60. The molecule has 0 radical (unpaired) electrons. The van der Waals surface area contributed by atoms with E-state index in [-0.39, 0.29) is 41.6 Å². The highest BCUT2D eigenvalue weighted by Gasteiger charge is 2.56. The van der Waals surface area contributed by atoms with Crippen molar-refractivity contribution in [1.29, 1.82) is 0 Å². The molecule has 2 fully saturated rings. The highest BCUT2D eigenvalue weighted by atomic mass is 35.5. The number of rotatable bonds is 6. The van der Waals surface area contributed by atoms with Crippen molar-refractivity contribution in [2.24, 2.45) is 0 Å². The first-order chi connectivity index (χ1) is 18.8. The van der Waals surface area contributed by atoms with E-state index in [9.17, 15) is 18.8 Å². The number of anilines is 1. The van der Waals surface area contributed by atoms with Gasteiger partial charge in [-0.15, -0.1) is 0 Å². The van der Waals surface area contributed by atoms with E-state index in [1.54, 1.807) is 36.4 Å². The zero-order valence-electron chi connectivity index (χ0n) is 21.5. The number of aromatic amines is 1. The number of methoxy groups -OCH3 is 1. The number of H-pyrrole nitrogens is 1. The second-order valence-corrected chi connectivity index (χ2v) is 10.9. The summed E-state index contributed by atoms with van der Waals surface area (Å²) in [6.45, 7) is 1.20. The number of Topliss-reactive ketones (excluding diaryl/α,β-unsaturated/α-hetero) is 1. The molecule has 3 aromatic rings. The highest BCUT2D eigenvalue weighted by molar-refractivity contribution is 6.33. The Morgan fingerprint density at radius 1 is 1.28 bits per heavy atom. The van der Waals surface area contributed by atoms with Gasteiger partial charge in [-0.05, 0) is 62.6 Å². The molecule has 0 saturated carbocycles. The number of likely N-dealkylation sites (tertiary alicyclic amines) is 1. The third-order valence-electron chi connectivity index (χ3n) is 8.38. The SMILES string of the molecule is COCC1CCCN1C(=O)CN1C(=O)C2(CCN[C@@H](C(=O)c3ccc4[nH]ncc4c3)C2)c2c1ccc(F)c2Cl. The standard InChI is InChI=1S/C28H29ClFN5O4/c1-39-15-18-3-2-10-34(18)23(36)14-35-22-7-5-19(30)25(29)24(22)28(27(35)38)8-9-31-21(12-28)26(37)16-4-6-20-17(11-16)13-32-33-20/h4-7,11,13,18,21,31H,2-3,8-10,12,14-15H2,1H3,(H,32,33)/t18?,21-,28?/m1/s1. The fraction of sp³-hybridized carbons (Fsp3) is 0.429. The zero-order valence-corrected chi connectivity index (χ0v) is 22.3. The second-order valence-electron chi connectivity index (χ2n) is 10.6. The quantitative estimate of drug-likeness (QED) is 0.454. The van der Waals surface area contributed by atoms with Crippen molar-refractivity contribution in [2.75, 3.05) is 38.3 Å². The van der Waals surface area contributed by atoms with E-state index >= 15 is 0 Å². The maximum atomic E-state index is 14.8. The minimum Gasteiger partial charge on any atom is -0.383 e. The molecule has 2 unspecified atom stereocenters. The Hall–Kier alpha value is -3.34. The first-order valence-electron chi connectivity index (χ1n) is 13.1. The maximum Gasteiger partial charge on any atom is 0.242 e. The molecule has 9 nitrogen and oxygen atoms in total. The molecule has 2 N–H and O–H groups in total. The van der Waals surface area contributed by atoms with Gasteiger partial charge in [0, 0.05) is 30.2 Å². The molecule has 3 atom stereocenters. The third kappa shape index (κ3) is 4.21. The minimum atomic E-state index is -1.23. The van der Waals surface area contributed by atoms with Crippen LogP contribution in [0.1, 0.15) is 41.6 Å². The topological polar surface area (TPSA) is 108 Å². The first-order valence-corrected chi connectivity index (χ1v) is 13.5. The molecule has 1 spiro atoms. The molecule has 6 rings (SSSR count). The van der Waals surface area contributed by atoms with E-state index in [2.05, 4.69) is 15.5 Å². The predicted molar refractivity (Wildman–Crippen MR) is 144 cm³/mol. The minimum absolute atomic E-state index is 0.0427. The molecular weight excluding hydrogens is 525 g/mol. The highest BCUT2D eigenvalue weighted by Crippen LogP contribution is 2.51. The predicted octanol–water partition coefficient (Wildman–Crippen LogP) is 3.21. The van der Waals surface area contributed by atoms with Crippen LogP contribution < -0.4 is 10.2 Å². The molecule has 0 aliphatic carbocycles. The summed E-state index contributed by atoms with van der Waals surface area (Å²) < 4.78 is 20.1. The smallest absolute Gasteiger partial charge is 0.242 e. The summed E-state index contributed by atoms with van der Waals surface area (Å²) in [4.78, 5) is 44.4. The van der Waals surface area contributed by atoms with Gasteiger partial charge in [0.1, 0.15) is 12.4 Å². The summed E-state index contributed by atoms with van der Waals surface area (Å²) in [5, 5.41) is 10.8. The number of carbonyl (C=O) groups excluding carboxylic acids is 3. The van der Waals surface area contributed by atoms with Gasteiger partial charge in [-0.2, -0.15) is 5.10 Å². The van der Waals surface area contributed by atoms with Gasteiger partial charge in [0.25, 0.3) is 0 Å². The summed E-state index contributed by atoms with van der Waals surface area (Å²) in [5.74, 6) is -1.33. The van der Waals surface area contributed by atoms with Crippen molar-refractivity contribution in [3.05, 3.63) is 58.5 Å². The number of carbonyl (C=O) groups is 3. The van der Waals surface area contributed by atoms with Crippen molar-refractivity contribution in [2.45, 2.75) is 43.2 Å². The van der Waals surface area contributed by atoms with E-state index in [1.165, 1.54) is 17.0 Å². The van der Waals surface area contributed by atoms with E-state index < -0.39 is 17.3 Å². The lowest BCUT2D eigenvalue weighted by Crippen LogP contribution is -2.55. The number of hydrogen-bond donors (Lipinski definition) is 2. The average Bonchev–Trinajstić information content (AvgIpc) is 3.65. The second kappa shape index (κ2) is 10.0. The van der Waals surface area contributed by atoms with Crippen LogP contribution in [-0.4, -0.2) is 78.1 Å². The van der Waals surface area contributed by atoms with Crippen LogP contribution in [0.25, 0.3) is 10.9 Å². The van der Waals surface area contributed by atoms with Gasteiger partial charge in [0.2, 0.25) is 11.8 Å². The largest absolute Gasteiger partial charge is 0.383 e. The van der Waals surface area contributed by atoms with Crippen LogP contribution in [0.2, 0.25) is 5.02 Å². The summed E-state index contributed by atoms with van der Waals surface area (Å²) in [6, 6.07) is 7.27.